The molecule has 6 heteroatoms. The van der Waals surface area contributed by atoms with Crippen LogP contribution in [-0.4, -0.2) is 23.1 Å². The maximum atomic E-state index is 12.4. The van der Waals surface area contributed by atoms with Crippen LogP contribution in [-0.2, 0) is 11.4 Å². The smallest absolute Gasteiger partial charge is 0.260 e. The normalized spacial score (nSPS) is 13.4. The third-order valence-electron chi connectivity index (χ3n) is 4.33. The molecular weight excluding hydrogens is 330 g/mol. The van der Waals surface area contributed by atoms with E-state index in [0.29, 0.717) is 11.7 Å². The van der Waals surface area contributed by atoms with Crippen molar-refractivity contribution in [3.63, 3.8) is 0 Å². The Bertz CT molecular complexity index is 903. The van der Waals surface area contributed by atoms with Gasteiger partial charge < -0.3 is 14.2 Å². The van der Waals surface area contributed by atoms with Crippen molar-refractivity contribution in [2.75, 3.05) is 11.9 Å². The minimum absolute atomic E-state index is 0.129. The molecule has 0 aliphatic heterocycles. The van der Waals surface area contributed by atoms with Gasteiger partial charge in [0.25, 0.3) is 5.89 Å². The van der Waals surface area contributed by atoms with E-state index in [-0.39, 0.29) is 18.4 Å². The van der Waals surface area contributed by atoms with Gasteiger partial charge in [-0.3, -0.25) is 4.79 Å². The highest BCUT2D eigenvalue weighted by molar-refractivity contribution is 5.98. The predicted octanol–water partition coefficient (Wildman–Crippen LogP) is 3.69. The first kappa shape index (κ1) is 16.3. The third-order valence-corrected chi connectivity index (χ3v) is 4.33. The van der Waals surface area contributed by atoms with Crippen LogP contribution in [0.4, 0.5) is 5.69 Å². The number of anilines is 1. The van der Waals surface area contributed by atoms with Crippen LogP contribution in [0.15, 0.2) is 59.1 Å². The summed E-state index contributed by atoms with van der Waals surface area (Å²) >= 11 is 0. The Morgan fingerprint density at radius 1 is 1.15 bits per heavy atom. The topological polar surface area (TPSA) is 68.5 Å². The summed E-state index contributed by atoms with van der Waals surface area (Å²) in [5.41, 5.74) is 1.51. The fourth-order valence-electron chi connectivity index (χ4n) is 2.76. The average Bonchev–Trinajstić information content (AvgIpc) is 3.44. The molecular formula is C20H19N3O3. The average molecular weight is 349 g/mol. The quantitative estimate of drug-likeness (QED) is 0.679. The van der Waals surface area contributed by atoms with Crippen molar-refractivity contribution in [1.82, 2.24) is 10.1 Å². The van der Waals surface area contributed by atoms with Crippen LogP contribution in [0.5, 0.6) is 5.75 Å². The van der Waals surface area contributed by atoms with Gasteiger partial charge in [-0.1, -0.05) is 35.5 Å². The van der Waals surface area contributed by atoms with Crippen molar-refractivity contribution in [3.8, 4) is 17.2 Å². The summed E-state index contributed by atoms with van der Waals surface area (Å²) in [6, 6.07) is 17.0. The van der Waals surface area contributed by atoms with Gasteiger partial charge in [0, 0.05) is 13.0 Å². The molecule has 1 aliphatic rings. The van der Waals surface area contributed by atoms with Gasteiger partial charge in [-0.2, -0.15) is 4.98 Å². The van der Waals surface area contributed by atoms with E-state index in [1.807, 2.05) is 54.6 Å². The minimum Gasteiger partial charge on any atom is -0.485 e. The molecule has 6 nitrogen and oxygen atoms in total. The summed E-state index contributed by atoms with van der Waals surface area (Å²) in [4.78, 5) is 18.5. The molecule has 4 rings (SSSR count). The zero-order valence-electron chi connectivity index (χ0n) is 14.5. The van der Waals surface area contributed by atoms with Crippen molar-refractivity contribution in [2.45, 2.75) is 19.4 Å². The number of amides is 1. The maximum absolute atomic E-state index is 12.4. The molecule has 0 radical (unpaired) electrons. The molecule has 2 aromatic carbocycles. The number of hydrogen-bond donors (Lipinski definition) is 0. The molecule has 1 saturated carbocycles. The van der Waals surface area contributed by atoms with Gasteiger partial charge in [0.2, 0.25) is 11.7 Å². The fourth-order valence-corrected chi connectivity index (χ4v) is 2.76. The van der Waals surface area contributed by atoms with E-state index in [9.17, 15) is 4.79 Å². The molecule has 26 heavy (non-hydrogen) atoms. The number of para-hydroxylation sites is 2. The van der Waals surface area contributed by atoms with Gasteiger partial charge in [0.15, 0.2) is 6.61 Å². The Labute approximate surface area is 151 Å². The zero-order valence-corrected chi connectivity index (χ0v) is 14.5. The Morgan fingerprint density at radius 2 is 1.88 bits per heavy atom. The van der Waals surface area contributed by atoms with Crippen molar-refractivity contribution in [2.24, 2.45) is 5.92 Å². The number of rotatable bonds is 6. The molecule has 0 spiro atoms. The van der Waals surface area contributed by atoms with Crippen LogP contribution in [0.3, 0.4) is 0 Å². The molecule has 132 valence electrons. The monoisotopic (exact) mass is 349 g/mol. The lowest BCUT2D eigenvalue weighted by atomic mass is 10.1. The van der Waals surface area contributed by atoms with Crippen LogP contribution in [0.2, 0.25) is 0 Å². The van der Waals surface area contributed by atoms with Crippen LogP contribution >= 0.6 is 0 Å². The Morgan fingerprint density at radius 3 is 2.65 bits per heavy atom. The molecule has 1 aromatic heterocycles. The first-order valence-electron chi connectivity index (χ1n) is 8.60. The standard InChI is InChI=1S/C20H19N3O3/c1-23(20(24)14-11-12-14)17-10-6-5-9-16(17)19-21-18(22-26-19)13-25-15-7-3-2-4-8-15/h2-10,14H,11-13H2,1H3. The zero-order chi connectivity index (χ0) is 17.9. The molecule has 0 atom stereocenters. The lowest BCUT2D eigenvalue weighted by Gasteiger charge is -2.19. The van der Waals surface area contributed by atoms with E-state index in [2.05, 4.69) is 10.1 Å². The molecule has 1 fully saturated rings. The number of benzene rings is 2. The Kier molecular flexibility index (Phi) is 4.39. The van der Waals surface area contributed by atoms with Gasteiger partial charge in [0.05, 0.1) is 11.3 Å². The number of carbonyl (C=O) groups excluding carboxylic acids is 1. The van der Waals surface area contributed by atoms with Gasteiger partial charge in [-0.15, -0.1) is 0 Å². The molecule has 0 unspecified atom stereocenters. The highest BCUT2D eigenvalue weighted by Crippen LogP contribution is 2.35. The summed E-state index contributed by atoms with van der Waals surface area (Å²) in [6.45, 7) is 0.215. The van der Waals surface area contributed by atoms with Gasteiger partial charge in [0.1, 0.15) is 5.75 Å². The van der Waals surface area contributed by atoms with Crippen molar-refractivity contribution in [1.29, 1.82) is 0 Å². The van der Waals surface area contributed by atoms with Crippen LogP contribution in [0, 0.1) is 5.92 Å². The van der Waals surface area contributed by atoms with E-state index in [1.165, 1.54) is 0 Å². The van der Waals surface area contributed by atoms with Crippen LogP contribution in [0.25, 0.3) is 11.5 Å². The number of ether oxygens (including phenoxy) is 1. The molecule has 0 bridgehead atoms. The number of aromatic nitrogens is 2. The van der Waals surface area contributed by atoms with Crippen molar-refractivity contribution in [3.05, 3.63) is 60.4 Å². The lowest BCUT2D eigenvalue weighted by molar-refractivity contribution is -0.119. The first-order chi connectivity index (χ1) is 12.7. The van der Waals surface area contributed by atoms with E-state index in [4.69, 9.17) is 9.26 Å². The summed E-state index contributed by atoms with van der Waals surface area (Å²) < 4.78 is 11.1. The third kappa shape index (κ3) is 3.44. The lowest BCUT2D eigenvalue weighted by Crippen LogP contribution is -2.28. The van der Waals surface area contributed by atoms with E-state index >= 15 is 0 Å². The molecule has 3 aromatic rings. The molecule has 1 aliphatic carbocycles. The molecule has 1 amide bonds. The fraction of sp³-hybridized carbons (Fsp3) is 0.250. The Hall–Kier alpha value is -3.15. The predicted molar refractivity (Wildman–Crippen MR) is 96.6 cm³/mol. The molecule has 0 N–H and O–H groups in total. The second kappa shape index (κ2) is 7.00. The van der Waals surface area contributed by atoms with E-state index in [1.54, 1.807) is 11.9 Å². The summed E-state index contributed by atoms with van der Waals surface area (Å²) in [5.74, 6) is 1.85. The second-order valence-electron chi connectivity index (χ2n) is 6.31. The van der Waals surface area contributed by atoms with Gasteiger partial charge in [-0.25, -0.2) is 0 Å². The Balaban J connectivity index is 1.53. The first-order valence-corrected chi connectivity index (χ1v) is 8.60. The van der Waals surface area contributed by atoms with Crippen molar-refractivity contribution >= 4 is 11.6 Å². The van der Waals surface area contributed by atoms with E-state index < -0.39 is 0 Å². The largest absolute Gasteiger partial charge is 0.485 e. The van der Waals surface area contributed by atoms with Crippen molar-refractivity contribution < 1.29 is 14.1 Å². The summed E-state index contributed by atoms with van der Waals surface area (Å²) in [6.07, 6.45) is 1.93. The summed E-state index contributed by atoms with van der Waals surface area (Å²) in [7, 11) is 1.79. The van der Waals surface area contributed by atoms with Crippen LogP contribution in [0.1, 0.15) is 18.7 Å². The number of carbonyl (C=O) groups is 1. The minimum atomic E-state index is 0.129. The maximum Gasteiger partial charge on any atom is 0.260 e. The van der Waals surface area contributed by atoms with Crippen LogP contribution < -0.4 is 9.64 Å². The SMILES string of the molecule is CN(C(=O)C1CC1)c1ccccc1-c1nc(COc2ccccc2)no1. The highest BCUT2D eigenvalue weighted by Gasteiger charge is 2.33. The van der Waals surface area contributed by atoms with E-state index in [0.717, 1.165) is 29.8 Å². The highest BCUT2D eigenvalue weighted by atomic mass is 16.5. The number of nitrogens with zero attached hydrogens (tertiary/aromatic N) is 3. The number of hydrogen-bond acceptors (Lipinski definition) is 5. The summed E-state index contributed by atoms with van der Waals surface area (Å²) in [5, 5.41) is 3.99. The molecule has 0 saturated heterocycles. The second-order valence-corrected chi connectivity index (χ2v) is 6.31. The molecule has 1 heterocycles. The van der Waals surface area contributed by atoms with Gasteiger partial charge in [-0.05, 0) is 37.1 Å². The van der Waals surface area contributed by atoms with Gasteiger partial charge >= 0.3 is 0 Å².